The normalized spacial score (nSPS) is 17.3. The predicted molar refractivity (Wildman–Crippen MR) is 93.7 cm³/mol. The summed E-state index contributed by atoms with van der Waals surface area (Å²) in [4.78, 5) is 0. The summed E-state index contributed by atoms with van der Waals surface area (Å²) in [6.45, 7) is 7.31. The van der Waals surface area contributed by atoms with E-state index in [0.717, 1.165) is 26.8 Å². The standard InChI is InChI=1S/C16H22BrF4NO2S/c1-13(2,3)25(24)22-15(6,16(20,21)14(4,5)23)9-7-10(17)12(19)8-11(9)18/h7-8,22-23H,1-6H3/t15-,25?/m1/s1. The van der Waals surface area contributed by atoms with Crippen LogP contribution in [0.2, 0.25) is 0 Å². The number of nitrogens with one attached hydrogen (secondary N) is 1. The molecule has 0 amide bonds. The summed E-state index contributed by atoms with van der Waals surface area (Å²) >= 11 is 2.84. The fraction of sp³-hybridized carbons (Fsp3) is 0.625. The van der Waals surface area contributed by atoms with Crippen molar-refractivity contribution in [3.05, 3.63) is 33.8 Å². The zero-order chi connectivity index (χ0) is 20.0. The lowest BCUT2D eigenvalue weighted by Crippen LogP contribution is -2.64. The van der Waals surface area contributed by atoms with Gasteiger partial charge in [0.2, 0.25) is 0 Å². The van der Waals surface area contributed by atoms with E-state index in [2.05, 4.69) is 20.7 Å². The van der Waals surface area contributed by atoms with Crippen molar-refractivity contribution >= 4 is 26.9 Å². The van der Waals surface area contributed by atoms with Crippen LogP contribution >= 0.6 is 15.9 Å². The quantitative estimate of drug-likeness (QED) is 0.518. The van der Waals surface area contributed by atoms with Gasteiger partial charge in [-0.3, -0.25) is 0 Å². The molecule has 3 nitrogen and oxygen atoms in total. The smallest absolute Gasteiger partial charge is 0.298 e. The van der Waals surface area contributed by atoms with Gasteiger partial charge in [0, 0.05) is 11.6 Å². The third-order valence-corrected chi connectivity index (χ3v) is 6.11. The second kappa shape index (κ2) is 6.90. The van der Waals surface area contributed by atoms with E-state index in [1.165, 1.54) is 0 Å². The molecule has 2 N–H and O–H groups in total. The molecule has 0 aromatic heterocycles. The van der Waals surface area contributed by atoms with E-state index < -0.39 is 50.0 Å². The van der Waals surface area contributed by atoms with Gasteiger partial charge in [-0.25, -0.2) is 26.5 Å². The largest absolute Gasteiger partial charge is 0.384 e. The van der Waals surface area contributed by atoms with E-state index in [1.54, 1.807) is 20.8 Å². The monoisotopic (exact) mass is 447 g/mol. The van der Waals surface area contributed by atoms with Crippen molar-refractivity contribution < 1.29 is 26.9 Å². The first kappa shape index (κ1) is 22.5. The van der Waals surface area contributed by atoms with Crippen molar-refractivity contribution in [3.8, 4) is 0 Å². The van der Waals surface area contributed by atoms with Crippen LogP contribution < -0.4 is 4.72 Å². The van der Waals surface area contributed by atoms with Gasteiger partial charge in [0.05, 0.1) is 20.2 Å². The minimum absolute atomic E-state index is 0.231. The van der Waals surface area contributed by atoms with Crippen molar-refractivity contribution in [3.63, 3.8) is 0 Å². The molecule has 0 bridgehead atoms. The Morgan fingerprint density at radius 2 is 1.52 bits per heavy atom. The maximum atomic E-state index is 15.1. The molecule has 0 aliphatic heterocycles. The minimum Gasteiger partial charge on any atom is -0.384 e. The first-order chi connectivity index (χ1) is 10.9. The Balaban J connectivity index is 3.71. The second-order valence-electron chi connectivity index (χ2n) is 7.49. The number of rotatable bonds is 5. The molecule has 0 heterocycles. The van der Waals surface area contributed by atoms with Gasteiger partial charge in [0.25, 0.3) is 5.92 Å². The minimum atomic E-state index is -3.96. The number of hydrogen-bond donors (Lipinski definition) is 2. The van der Waals surface area contributed by atoms with Crippen LogP contribution in [0.15, 0.2) is 16.6 Å². The van der Waals surface area contributed by atoms with Crippen LogP contribution in [0.5, 0.6) is 0 Å². The maximum absolute atomic E-state index is 15.1. The van der Waals surface area contributed by atoms with E-state index in [9.17, 15) is 18.1 Å². The molecule has 0 radical (unpaired) electrons. The Morgan fingerprint density at radius 1 is 1.04 bits per heavy atom. The van der Waals surface area contributed by atoms with Crippen molar-refractivity contribution in [1.29, 1.82) is 0 Å². The fourth-order valence-corrected chi connectivity index (χ4v) is 3.40. The predicted octanol–water partition coefficient (Wildman–Crippen LogP) is 4.40. The molecule has 1 unspecified atom stereocenters. The van der Waals surface area contributed by atoms with Crippen LogP contribution in [-0.4, -0.2) is 25.6 Å². The van der Waals surface area contributed by atoms with Gasteiger partial charge in [-0.05, 0) is 63.5 Å². The molecule has 0 aliphatic rings. The van der Waals surface area contributed by atoms with Crippen LogP contribution in [0.3, 0.4) is 0 Å². The lowest BCUT2D eigenvalue weighted by Gasteiger charge is -2.45. The van der Waals surface area contributed by atoms with Crippen LogP contribution in [0.4, 0.5) is 17.6 Å². The molecule has 25 heavy (non-hydrogen) atoms. The van der Waals surface area contributed by atoms with Crippen molar-refractivity contribution in [2.24, 2.45) is 0 Å². The Kier molecular flexibility index (Phi) is 6.22. The Labute approximate surface area is 155 Å². The molecule has 0 spiro atoms. The van der Waals surface area contributed by atoms with Gasteiger partial charge in [-0.1, -0.05) is 0 Å². The summed E-state index contributed by atoms with van der Waals surface area (Å²) in [5.74, 6) is -6.17. The summed E-state index contributed by atoms with van der Waals surface area (Å²) in [6, 6.07) is 1.32. The third-order valence-electron chi connectivity index (χ3n) is 3.80. The number of benzene rings is 1. The number of alkyl halides is 2. The fourth-order valence-electron chi connectivity index (χ4n) is 2.14. The first-order valence-corrected chi connectivity index (χ1v) is 9.34. The molecule has 1 aromatic carbocycles. The summed E-state index contributed by atoms with van der Waals surface area (Å²) in [6.07, 6.45) is 0. The van der Waals surface area contributed by atoms with E-state index >= 15 is 8.78 Å². The van der Waals surface area contributed by atoms with Crippen LogP contribution in [0.25, 0.3) is 0 Å². The van der Waals surface area contributed by atoms with E-state index in [4.69, 9.17) is 0 Å². The van der Waals surface area contributed by atoms with Gasteiger partial charge < -0.3 is 5.11 Å². The van der Waals surface area contributed by atoms with Gasteiger partial charge in [0.1, 0.15) is 22.8 Å². The topological polar surface area (TPSA) is 49.3 Å². The Hall–Kier alpha value is -0.510. The van der Waals surface area contributed by atoms with E-state index in [0.29, 0.717) is 6.07 Å². The first-order valence-electron chi connectivity index (χ1n) is 7.40. The molecule has 144 valence electrons. The van der Waals surface area contributed by atoms with E-state index in [-0.39, 0.29) is 4.47 Å². The Morgan fingerprint density at radius 3 is 1.92 bits per heavy atom. The molecule has 1 rings (SSSR count). The van der Waals surface area contributed by atoms with Crippen molar-refractivity contribution in [1.82, 2.24) is 4.72 Å². The van der Waals surface area contributed by atoms with Crippen LogP contribution in [0.1, 0.15) is 47.1 Å². The zero-order valence-corrected chi connectivity index (χ0v) is 17.2. The molecule has 2 atom stereocenters. The summed E-state index contributed by atoms with van der Waals surface area (Å²) < 4.78 is 71.7. The third kappa shape index (κ3) is 4.26. The molecule has 0 saturated carbocycles. The number of aliphatic hydroxyl groups is 1. The maximum Gasteiger partial charge on any atom is 0.298 e. The highest BCUT2D eigenvalue weighted by atomic mass is 79.9. The Bertz CT molecular complexity index is 686. The SMILES string of the molecule is CC(C)(C)S(=O)N[C@](C)(c1cc(Br)c(F)cc1F)C(F)(F)C(C)(C)O. The highest BCUT2D eigenvalue weighted by molar-refractivity contribution is 9.10. The molecule has 9 heteroatoms. The second-order valence-corrected chi connectivity index (χ2v) is 10.3. The average molecular weight is 448 g/mol. The lowest BCUT2D eigenvalue weighted by atomic mass is 9.78. The van der Waals surface area contributed by atoms with Gasteiger partial charge >= 0.3 is 0 Å². The summed E-state index contributed by atoms with van der Waals surface area (Å²) in [5.41, 5.74) is -5.78. The molecule has 0 aliphatic carbocycles. The van der Waals surface area contributed by atoms with Crippen LogP contribution in [0, 0.1) is 11.6 Å². The molecular weight excluding hydrogens is 426 g/mol. The molecular formula is C16H22BrF4NO2S. The highest BCUT2D eigenvalue weighted by Gasteiger charge is 2.62. The highest BCUT2D eigenvalue weighted by Crippen LogP contribution is 2.46. The molecule has 0 saturated heterocycles. The average Bonchev–Trinajstić information content (AvgIpc) is 2.40. The van der Waals surface area contributed by atoms with Crippen molar-refractivity contribution in [2.45, 2.75) is 63.4 Å². The molecule has 0 fully saturated rings. The van der Waals surface area contributed by atoms with Crippen molar-refractivity contribution in [2.75, 3.05) is 0 Å². The summed E-state index contributed by atoms with van der Waals surface area (Å²) in [5, 5.41) is 9.98. The zero-order valence-electron chi connectivity index (χ0n) is 14.8. The van der Waals surface area contributed by atoms with E-state index in [1.807, 2.05) is 0 Å². The van der Waals surface area contributed by atoms with Gasteiger partial charge in [0.15, 0.2) is 0 Å². The van der Waals surface area contributed by atoms with Gasteiger partial charge in [-0.15, -0.1) is 0 Å². The number of hydrogen-bond acceptors (Lipinski definition) is 2. The van der Waals surface area contributed by atoms with Gasteiger partial charge in [-0.2, -0.15) is 0 Å². The molecule has 1 aromatic rings. The summed E-state index contributed by atoms with van der Waals surface area (Å²) in [7, 11) is -2.03. The lowest BCUT2D eigenvalue weighted by molar-refractivity contribution is -0.206. The number of halogens is 5. The van der Waals surface area contributed by atoms with Crippen LogP contribution in [-0.2, 0) is 16.5 Å².